The number of aliphatic imine (C=N–C) groups is 1. The van der Waals surface area contributed by atoms with Gasteiger partial charge in [-0.3, -0.25) is 4.40 Å². The molecule has 0 amide bonds. The van der Waals surface area contributed by atoms with Crippen LogP contribution in [-0.4, -0.2) is 39.9 Å². The summed E-state index contributed by atoms with van der Waals surface area (Å²) in [7, 11) is 0. The number of fused-ring (bicyclic) bond motifs is 1. The van der Waals surface area contributed by atoms with E-state index in [2.05, 4.69) is 44.3 Å². The lowest BCUT2D eigenvalue weighted by Gasteiger charge is -2.25. The van der Waals surface area contributed by atoms with Gasteiger partial charge in [-0.15, -0.1) is 35.3 Å². The normalized spacial score (nSPS) is 20.0. The Kier molecular flexibility index (Phi) is 5.69. The second-order valence-corrected chi connectivity index (χ2v) is 7.75. The van der Waals surface area contributed by atoms with E-state index in [0.29, 0.717) is 12.0 Å². The molecule has 0 aromatic carbocycles. The van der Waals surface area contributed by atoms with E-state index in [4.69, 9.17) is 4.99 Å². The van der Waals surface area contributed by atoms with E-state index >= 15 is 0 Å². The number of hydrogen-bond donors (Lipinski definition) is 1. The SMILES string of the molecule is CCNC(=NCc1cn2ccsc2n1)N1CCC2(CCCC2)C1.I. The Bertz CT molecular complexity index is 672. The monoisotopic (exact) mass is 459 g/mol. The van der Waals surface area contributed by atoms with Crippen molar-refractivity contribution in [3.63, 3.8) is 0 Å². The van der Waals surface area contributed by atoms with Crippen molar-refractivity contribution in [1.29, 1.82) is 0 Å². The van der Waals surface area contributed by atoms with Crippen LogP contribution in [0.1, 0.15) is 44.7 Å². The van der Waals surface area contributed by atoms with Gasteiger partial charge in [0.1, 0.15) is 0 Å². The highest BCUT2D eigenvalue weighted by atomic mass is 127. The van der Waals surface area contributed by atoms with E-state index in [1.165, 1.54) is 38.6 Å². The van der Waals surface area contributed by atoms with Gasteiger partial charge in [-0.2, -0.15) is 0 Å². The largest absolute Gasteiger partial charge is 0.357 e. The molecule has 24 heavy (non-hydrogen) atoms. The molecule has 7 heteroatoms. The number of hydrogen-bond acceptors (Lipinski definition) is 3. The van der Waals surface area contributed by atoms with Gasteiger partial charge in [0, 0.05) is 37.4 Å². The smallest absolute Gasteiger partial charge is 0.194 e. The molecule has 132 valence electrons. The summed E-state index contributed by atoms with van der Waals surface area (Å²) in [5.74, 6) is 1.06. The number of halogens is 1. The fourth-order valence-corrected chi connectivity index (χ4v) is 4.80. The second-order valence-electron chi connectivity index (χ2n) is 6.87. The third kappa shape index (κ3) is 3.56. The lowest BCUT2D eigenvalue weighted by atomic mass is 9.86. The van der Waals surface area contributed by atoms with E-state index in [1.807, 2.05) is 0 Å². The van der Waals surface area contributed by atoms with Crippen LogP contribution in [0.2, 0.25) is 0 Å². The van der Waals surface area contributed by atoms with E-state index < -0.39 is 0 Å². The number of aromatic nitrogens is 2. The minimum absolute atomic E-state index is 0. The summed E-state index contributed by atoms with van der Waals surface area (Å²) in [6, 6.07) is 0. The maximum atomic E-state index is 4.86. The third-order valence-electron chi connectivity index (χ3n) is 5.27. The van der Waals surface area contributed by atoms with Crippen LogP contribution in [0, 0.1) is 5.41 Å². The molecule has 0 atom stereocenters. The van der Waals surface area contributed by atoms with Crippen LogP contribution in [0.5, 0.6) is 0 Å². The number of thiazole rings is 1. The molecule has 5 nitrogen and oxygen atoms in total. The molecule has 1 aliphatic carbocycles. The van der Waals surface area contributed by atoms with Crippen molar-refractivity contribution in [3.8, 4) is 0 Å². The first-order chi connectivity index (χ1) is 11.3. The summed E-state index contributed by atoms with van der Waals surface area (Å²) in [4.78, 5) is 13.0. The Morgan fingerprint density at radius 3 is 2.96 bits per heavy atom. The summed E-state index contributed by atoms with van der Waals surface area (Å²) in [6.45, 7) is 6.03. The Labute approximate surface area is 164 Å². The van der Waals surface area contributed by atoms with Crippen LogP contribution in [0.25, 0.3) is 4.96 Å². The quantitative estimate of drug-likeness (QED) is 0.432. The average molecular weight is 459 g/mol. The lowest BCUT2D eigenvalue weighted by Crippen LogP contribution is -2.41. The number of nitrogens with one attached hydrogen (secondary N) is 1. The first-order valence-electron chi connectivity index (χ1n) is 8.72. The highest BCUT2D eigenvalue weighted by Gasteiger charge is 2.41. The van der Waals surface area contributed by atoms with Crippen LogP contribution in [0.3, 0.4) is 0 Å². The maximum Gasteiger partial charge on any atom is 0.194 e. The molecule has 0 unspecified atom stereocenters. The molecular weight excluding hydrogens is 433 g/mol. The van der Waals surface area contributed by atoms with Gasteiger partial charge in [0.2, 0.25) is 0 Å². The van der Waals surface area contributed by atoms with Gasteiger partial charge in [-0.1, -0.05) is 12.8 Å². The van der Waals surface area contributed by atoms with Gasteiger partial charge in [0.05, 0.1) is 12.2 Å². The van der Waals surface area contributed by atoms with Gasteiger partial charge in [0.15, 0.2) is 10.9 Å². The lowest BCUT2D eigenvalue weighted by molar-refractivity contribution is 0.309. The van der Waals surface area contributed by atoms with E-state index in [1.54, 1.807) is 11.3 Å². The fourth-order valence-electron chi connectivity index (χ4n) is 4.08. The first kappa shape index (κ1) is 18.0. The average Bonchev–Trinajstić information content (AvgIpc) is 3.29. The first-order valence-corrected chi connectivity index (χ1v) is 9.60. The number of imidazole rings is 1. The molecule has 1 saturated heterocycles. The molecule has 2 aromatic rings. The number of guanidine groups is 1. The summed E-state index contributed by atoms with van der Waals surface area (Å²) >= 11 is 1.67. The Balaban J connectivity index is 0.00000169. The van der Waals surface area contributed by atoms with Gasteiger partial charge in [-0.25, -0.2) is 9.98 Å². The van der Waals surface area contributed by atoms with E-state index in [9.17, 15) is 0 Å². The van der Waals surface area contributed by atoms with Crippen LogP contribution >= 0.6 is 35.3 Å². The van der Waals surface area contributed by atoms with Gasteiger partial charge in [-0.05, 0) is 31.6 Å². The van der Waals surface area contributed by atoms with Crippen LogP contribution in [0.4, 0.5) is 0 Å². The molecular formula is C17H26IN5S. The third-order valence-corrected chi connectivity index (χ3v) is 6.04. The molecule has 2 fully saturated rings. The highest BCUT2D eigenvalue weighted by molar-refractivity contribution is 14.0. The zero-order chi connectivity index (χ0) is 15.7. The van der Waals surface area contributed by atoms with Crippen molar-refractivity contribution in [1.82, 2.24) is 19.6 Å². The van der Waals surface area contributed by atoms with Crippen molar-refractivity contribution in [3.05, 3.63) is 23.5 Å². The van der Waals surface area contributed by atoms with E-state index in [-0.39, 0.29) is 24.0 Å². The minimum atomic E-state index is 0. The van der Waals surface area contributed by atoms with Crippen LogP contribution in [0.15, 0.2) is 22.8 Å². The second kappa shape index (κ2) is 7.59. The standard InChI is InChI=1S/C17H25N5S.HI/c1-2-18-15(22-8-7-17(13-22)5-3-4-6-17)19-11-14-12-21-9-10-23-16(21)20-14;/h9-10,12H,2-8,11,13H2,1H3,(H,18,19);1H. The van der Waals surface area contributed by atoms with Gasteiger partial charge >= 0.3 is 0 Å². The highest BCUT2D eigenvalue weighted by Crippen LogP contribution is 2.45. The zero-order valence-electron chi connectivity index (χ0n) is 14.2. The Morgan fingerprint density at radius 2 is 2.21 bits per heavy atom. The fraction of sp³-hybridized carbons (Fsp3) is 0.647. The molecule has 0 radical (unpaired) electrons. The van der Waals surface area contributed by atoms with Crippen molar-refractivity contribution in [2.45, 2.75) is 45.6 Å². The number of nitrogens with zero attached hydrogens (tertiary/aromatic N) is 4. The predicted molar refractivity (Wildman–Crippen MR) is 110 cm³/mol. The molecule has 1 aliphatic heterocycles. The zero-order valence-corrected chi connectivity index (χ0v) is 17.3. The Morgan fingerprint density at radius 1 is 1.38 bits per heavy atom. The predicted octanol–water partition coefficient (Wildman–Crippen LogP) is 3.75. The molecule has 1 N–H and O–H groups in total. The summed E-state index contributed by atoms with van der Waals surface area (Å²) in [5, 5.41) is 5.53. The van der Waals surface area contributed by atoms with Crippen molar-refractivity contribution < 1.29 is 0 Å². The molecule has 1 saturated carbocycles. The van der Waals surface area contributed by atoms with Crippen molar-refractivity contribution in [2.75, 3.05) is 19.6 Å². The van der Waals surface area contributed by atoms with Gasteiger partial charge < -0.3 is 10.2 Å². The molecule has 4 rings (SSSR count). The topological polar surface area (TPSA) is 44.9 Å². The summed E-state index contributed by atoms with van der Waals surface area (Å²) in [5.41, 5.74) is 1.62. The van der Waals surface area contributed by atoms with Crippen molar-refractivity contribution in [2.24, 2.45) is 10.4 Å². The molecule has 2 aliphatic rings. The van der Waals surface area contributed by atoms with Crippen LogP contribution in [-0.2, 0) is 6.54 Å². The number of rotatable bonds is 3. The Hall–Kier alpha value is -0.830. The number of likely N-dealkylation sites (tertiary alicyclic amines) is 1. The molecule has 1 spiro atoms. The van der Waals surface area contributed by atoms with Crippen LogP contribution < -0.4 is 5.32 Å². The summed E-state index contributed by atoms with van der Waals surface area (Å²) < 4.78 is 2.08. The summed E-state index contributed by atoms with van der Waals surface area (Å²) in [6.07, 6.45) is 11.1. The van der Waals surface area contributed by atoms with Crippen molar-refractivity contribution >= 4 is 46.2 Å². The molecule has 0 bridgehead atoms. The maximum absolute atomic E-state index is 4.86. The molecule has 3 heterocycles. The van der Waals surface area contributed by atoms with Gasteiger partial charge in [0.25, 0.3) is 0 Å². The molecule has 2 aromatic heterocycles. The van der Waals surface area contributed by atoms with E-state index in [0.717, 1.165) is 29.7 Å². The minimum Gasteiger partial charge on any atom is -0.357 e.